The van der Waals surface area contributed by atoms with Crippen molar-refractivity contribution in [2.24, 2.45) is 0 Å². The minimum absolute atomic E-state index is 0.225. The van der Waals surface area contributed by atoms with Crippen LogP contribution < -0.4 is 4.74 Å². The highest BCUT2D eigenvalue weighted by Crippen LogP contribution is 2.25. The lowest BCUT2D eigenvalue weighted by molar-refractivity contribution is -0.130. The number of carboxylic acids is 1. The summed E-state index contributed by atoms with van der Waals surface area (Å²) in [5.74, 6) is -0.246. The van der Waals surface area contributed by atoms with Gasteiger partial charge in [-0.1, -0.05) is 29.8 Å². The molecule has 0 spiro atoms. The van der Waals surface area contributed by atoms with Crippen molar-refractivity contribution in [1.82, 2.24) is 0 Å². The Bertz CT molecular complexity index is 688. The van der Waals surface area contributed by atoms with Crippen LogP contribution in [-0.4, -0.2) is 18.2 Å². The number of methoxy groups -OCH3 is 1. The summed E-state index contributed by atoms with van der Waals surface area (Å²) in [7, 11) is 1.59. The van der Waals surface area contributed by atoms with Gasteiger partial charge in [-0.2, -0.15) is 0 Å². The predicted octanol–water partition coefficient (Wildman–Crippen LogP) is 4.28. The van der Waals surface area contributed by atoms with Crippen LogP contribution in [0.15, 0.2) is 42.5 Å². The average Bonchev–Trinajstić information content (AvgIpc) is 2.46. The fourth-order valence-electron chi connectivity index (χ4n) is 2.04. The number of carboxylic acid groups (broad SMARTS) is 1. The fourth-order valence-corrected chi connectivity index (χ4v) is 2.17. The maximum Gasteiger partial charge on any atom is 0.336 e. The second-order valence-electron chi connectivity index (χ2n) is 4.60. The quantitative estimate of drug-likeness (QED) is 0.677. The van der Waals surface area contributed by atoms with Crippen LogP contribution in [-0.2, 0) is 4.79 Å². The van der Waals surface area contributed by atoms with Crippen molar-refractivity contribution in [3.8, 4) is 5.75 Å². The van der Waals surface area contributed by atoms with Crippen molar-refractivity contribution in [3.05, 3.63) is 64.2 Å². The molecule has 0 amide bonds. The summed E-state index contributed by atoms with van der Waals surface area (Å²) in [5, 5.41) is 10.0. The highest BCUT2D eigenvalue weighted by Gasteiger charge is 2.12. The van der Waals surface area contributed by atoms with Crippen LogP contribution in [0.3, 0.4) is 0 Å². The molecule has 0 saturated heterocycles. The van der Waals surface area contributed by atoms with Gasteiger partial charge >= 0.3 is 5.97 Å². The number of ether oxygens (including phenoxy) is 1. The summed E-state index contributed by atoms with van der Waals surface area (Å²) in [5.41, 5.74) is 2.53. The molecule has 3 nitrogen and oxygen atoms in total. The molecule has 4 heteroatoms. The predicted molar refractivity (Wildman–Crippen MR) is 84.7 cm³/mol. The van der Waals surface area contributed by atoms with Crippen molar-refractivity contribution < 1.29 is 14.6 Å². The first-order chi connectivity index (χ1) is 10.0. The lowest BCUT2D eigenvalue weighted by Gasteiger charge is -2.08. The summed E-state index contributed by atoms with van der Waals surface area (Å²) in [4.78, 5) is 11.5. The summed E-state index contributed by atoms with van der Waals surface area (Å²) in [6, 6.07) is 12.3. The molecular formula is C17H15ClO3. The van der Waals surface area contributed by atoms with E-state index < -0.39 is 5.97 Å². The van der Waals surface area contributed by atoms with Gasteiger partial charge in [-0.05, 0) is 54.0 Å². The maximum atomic E-state index is 11.5. The molecule has 0 heterocycles. The summed E-state index contributed by atoms with van der Waals surface area (Å²) < 4.78 is 5.19. The Morgan fingerprint density at radius 1 is 1.19 bits per heavy atom. The Hall–Kier alpha value is -2.26. The smallest absolute Gasteiger partial charge is 0.336 e. The third-order valence-electron chi connectivity index (χ3n) is 3.12. The molecule has 2 aromatic carbocycles. The molecule has 108 valence electrons. The number of aliphatic carboxylic acids is 1. The molecule has 0 saturated carbocycles. The number of carbonyl (C=O) groups is 1. The first-order valence-corrected chi connectivity index (χ1v) is 6.74. The van der Waals surface area contributed by atoms with Gasteiger partial charge in [0, 0.05) is 5.02 Å². The molecule has 0 bridgehead atoms. The normalized spacial score (nSPS) is 11.3. The Morgan fingerprint density at radius 3 is 2.38 bits per heavy atom. The van der Waals surface area contributed by atoms with E-state index in [4.69, 9.17) is 16.3 Å². The van der Waals surface area contributed by atoms with Gasteiger partial charge < -0.3 is 9.84 Å². The number of hydrogen-bond acceptors (Lipinski definition) is 2. The summed E-state index contributed by atoms with van der Waals surface area (Å²) >= 11 is 5.83. The van der Waals surface area contributed by atoms with Gasteiger partial charge in [0.05, 0.1) is 12.7 Å². The highest BCUT2D eigenvalue weighted by molar-refractivity contribution is 6.30. The second kappa shape index (κ2) is 6.46. The van der Waals surface area contributed by atoms with Crippen LogP contribution in [0.2, 0.25) is 5.02 Å². The monoisotopic (exact) mass is 302 g/mol. The van der Waals surface area contributed by atoms with E-state index in [9.17, 15) is 9.90 Å². The van der Waals surface area contributed by atoms with Gasteiger partial charge in [0.1, 0.15) is 5.75 Å². The number of benzene rings is 2. The van der Waals surface area contributed by atoms with E-state index in [1.165, 1.54) is 0 Å². The molecule has 0 aliphatic rings. The fraction of sp³-hybridized carbons (Fsp3) is 0.118. The minimum Gasteiger partial charge on any atom is -0.496 e. The van der Waals surface area contributed by atoms with Crippen molar-refractivity contribution in [2.75, 3.05) is 7.11 Å². The molecule has 2 aromatic rings. The first-order valence-electron chi connectivity index (χ1n) is 6.37. The molecule has 2 rings (SSSR count). The number of hydrogen-bond donors (Lipinski definition) is 1. The second-order valence-corrected chi connectivity index (χ2v) is 5.04. The molecule has 0 unspecified atom stereocenters. The topological polar surface area (TPSA) is 46.5 Å². The maximum absolute atomic E-state index is 11.5. The van der Waals surface area contributed by atoms with Gasteiger partial charge in [-0.25, -0.2) is 4.79 Å². The molecular weight excluding hydrogens is 288 g/mol. The largest absolute Gasteiger partial charge is 0.496 e. The molecule has 0 radical (unpaired) electrons. The molecule has 21 heavy (non-hydrogen) atoms. The number of aryl methyl sites for hydroxylation is 1. The van der Waals surface area contributed by atoms with Gasteiger partial charge in [-0.15, -0.1) is 0 Å². The third-order valence-corrected chi connectivity index (χ3v) is 3.37. The number of rotatable bonds is 4. The molecule has 0 aliphatic carbocycles. The van der Waals surface area contributed by atoms with E-state index in [0.29, 0.717) is 10.6 Å². The highest BCUT2D eigenvalue weighted by atomic mass is 35.5. The van der Waals surface area contributed by atoms with Crippen LogP contribution in [0, 0.1) is 6.92 Å². The molecule has 0 atom stereocenters. The first kappa shape index (κ1) is 15.1. The zero-order valence-corrected chi connectivity index (χ0v) is 12.5. The Kier molecular flexibility index (Phi) is 4.66. The van der Waals surface area contributed by atoms with Crippen LogP contribution in [0.4, 0.5) is 0 Å². The van der Waals surface area contributed by atoms with E-state index in [2.05, 4.69) is 0 Å². The van der Waals surface area contributed by atoms with Crippen LogP contribution in [0.1, 0.15) is 16.7 Å². The van der Waals surface area contributed by atoms with E-state index in [1.807, 2.05) is 6.92 Å². The standard InChI is InChI=1S/C17H15ClO3/c1-11-9-13(5-8-16(11)21-2)15(17(19)20)10-12-3-6-14(18)7-4-12/h3-10H,1-2H3,(H,19,20)/b15-10-. The SMILES string of the molecule is COc1ccc(/C(=C/c2ccc(Cl)cc2)C(=O)O)cc1C. The summed E-state index contributed by atoms with van der Waals surface area (Å²) in [6.07, 6.45) is 1.62. The van der Waals surface area contributed by atoms with E-state index in [-0.39, 0.29) is 5.57 Å². The zero-order chi connectivity index (χ0) is 15.4. The van der Waals surface area contributed by atoms with Crippen LogP contribution in [0.5, 0.6) is 5.75 Å². The lowest BCUT2D eigenvalue weighted by atomic mass is 10.0. The van der Waals surface area contributed by atoms with E-state index in [0.717, 1.165) is 16.9 Å². The number of halogens is 1. The third kappa shape index (κ3) is 3.64. The van der Waals surface area contributed by atoms with Crippen molar-refractivity contribution >= 4 is 29.2 Å². The Morgan fingerprint density at radius 2 is 1.86 bits per heavy atom. The van der Waals surface area contributed by atoms with Crippen molar-refractivity contribution in [2.45, 2.75) is 6.92 Å². The van der Waals surface area contributed by atoms with Crippen LogP contribution in [0.25, 0.3) is 11.6 Å². The van der Waals surface area contributed by atoms with E-state index >= 15 is 0 Å². The molecule has 0 aromatic heterocycles. The van der Waals surface area contributed by atoms with Crippen LogP contribution >= 0.6 is 11.6 Å². The zero-order valence-electron chi connectivity index (χ0n) is 11.8. The van der Waals surface area contributed by atoms with Gasteiger partial charge in [-0.3, -0.25) is 0 Å². The average molecular weight is 303 g/mol. The van der Waals surface area contributed by atoms with Crippen molar-refractivity contribution in [1.29, 1.82) is 0 Å². The Balaban J connectivity index is 2.46. The van der Waals surface area contributed by atoms with Gasteiger partial charge in [0.15, 0.2) is 0 Å². The summed E-state index contributed by atoms with van der Waals surface area (Å²) in [6.45, 7) is 1.88. The molecule has 1 N–H and O–H groups in total. The molecule has 0 aliphatic heterocycles. The minimum atomic E-state index is -0.977. The Labute approximate surface area is 128 Å². The van der Waals surface area contributed by atoms with E-state index in [1.54, 1.807) is 55.7 Å². The lowest BCUT2D eigenvalue weighted by Crippen LogP contribution is -2.00. The van der Waals surface area contributed by atoms with Gasteiger partial charge in [0.25, 0.3) is 0 Å². The van der Waals surface area contributed by atoms with Crippen molar-refractivity contribution in [3.63, 3.8) is 0 Å². The van der Waals surface area contributed by atoms with Gasteiger partial charge in [0.2, 0.25) is 0 Å². The molecule has 0 fully saturated rings.